The summed E-state index contributed by atoms with van der Waals surface area (Å²) < 4.78 is 0. The van der Waals surface area contributed by atoms with Crippen LogP contribution in [0.15, 0.2) is 30.3 Å². The van der Waals surface area contributed by atoms with E-state index in [4.69, 9.17) is 0 Å². The summed E-state index contributed by atoms with van der Waals surface area (Å²) >= 11 is 0. The van der Waals surface area contributed by atoms with Gasteiger partial charge in [0.25, 0.3) is 0 Å². The molecule has 2 aliphatic heterocycles. The Morgan fingerprint density at radius 1 is 1.27 bits per heavy atom. The molecule has 0 amide bonds. The molecule has 3 unspecified atom stereocenters. The number of fused-ring (bicyclic) bond motifs is 2. The van der Waals surface area contributed by atoms with Crippen LogP contribution in [-0.4, -0.2) is 53.6 Å². The number of likely N-dealkylation sites (N-methyl/N-ethyl adjacent to an activating group) is 1. The molecule has 3 atom stereocenters. The molecule has 0 spiro atoms. The molecule has 1 aromatic carbocycles. The van der Waals surface area contributed by atoms with Crippen molar-refractivity contribution in [1.82, 2.24) is 15.1 Å². The first-order valence-corrected chi connectivity index (χ1v) is 8.95. The van der Waals surface area contributed by atoms with Crippen LogP contribution in [0.1, 0.15) is 39.2 Å². The molecule has 2 heterocycles. The normalized spacial score (nSPS) is 29.9. The quantitative estimate of drug-likeness (QED) is 0.871. The molecule has 1 N–H and O–H groups in total. The Hall–Kier alpha value is -0.900. The third-order valence-corrected chi connectivity index (χ3v) is 5.82. The topological polar surface area (TPSA) is 18.5 Å². The Balaban J connectivity index is 1.73. The van der Waals surface area contributed by atoms with Crippen LogP contribution in [0.4, 0.5) is 0 Å². The molecular weight excluding hydrogens is 270 g/mol. The van der Waals surface area contributed by atoms with E-state index in [-0.39, 0.29) is 5.54 Å². The molecule has 0 radical (unpaired) electrons. The molecule has 1 aromatic rings. The van der Waals surface area contributed by atoms with Gasteiger partial charge in [0, 0.05) is 37.3 Å². The van der Waals surface area contributed by atoms with E-state index in [1.807, 2.05) is 0 Å². The lowest BCUT2D eigenvalue weighted by atomic mass is 9.87. The average Bonchev–Trinajstić information content (AvgIpc) is 2.85. The van der Waals surface area contributed by atoms with Gasteiger partial charge in [0.15, 0.2) is 0 Å². The van der Waals surface area contributed by atoms with E-state index in [9.17, 15) is 0 Å². The predicted octanol–water partition coefficient (Wildman–Crippen LogP) is 2.72. The Kier molecular flexibility index (Phi) is 4.86. The van der Waals surface area contributed by atoms with E-state index in [1.165, 1.54) is 31.5 Å². The molecule has 0 aromatic heterocycles. The first-order chi connectivity index (χ1) is 10.7. The molecule has 3 rings (SSSR count). The third-order valence-electron chi connectivity index (χ3n) is 5.82. The minimum absolute atomic E-state index is 0.281. The third kappa shape index (κ3) is 3.08. The second kappa shape index (κ2) is 6.69. The zero-order valence-corrected chi connectivity index (χ0v) is 14.4. The molecule has 3 nitrogen and oxygen atoms in total. The first-order valence-electron chi connectivity index (χ1n) is 8.95. The van der Waals surface area contributed by atoms with Crippen LogP contribution in [0, 0.1) is 0 Å². The maximum absolute atomic E-state index is 3.99. The number of benzene rings is 1. The van der Waals surface area contributed by atoms with Gasteiger partial charge in [0.2, 0.25) is 0 Å². The van der Waals surface area contributed by atoms with Crippen LogP contribution in [0.5, 0.6) is 0 Å². The van der Waals surface area contributed by atoms with Crippen molar-refractivity contribution in [3.8, 4) is 0 Å². The molecule has 2 aliphatic rings. The summed E-state index contributed by atoms with van der Waals surface area (Å²) in [5.41, 5.74) is 1.72. The summed E-state index contributed by atoms with van der Waals surface area (Å²) in [6, 6.07) is 12.2. The molecular formula is C19H31N3. The largest absolute Gasteiger partial charge is 0.305 e. The molecule has 22 heavy (non-hydrogen) atoms. The fraction of sp³-hybridized carbons (Fsp3) is 0.684. The van der Waals surface area contributed by atoms with Crippen LogP contribution in [-0.2, 0) is 6.54 Å². The van der Waals surface area contributed by atoms with Crippen LogP contribution in [0.25, 0.3) is 0 Å². The second-order valence-electron chi connectivity index (χ2n) is 7.09. The number of hydrogen-bond acceptors (Lipinski definition) is 3. The number of hydrogen-bond donors (Lipinski definition) is 1. The zero-order valence-electron chi connectivity index (χ0n) is 14.4. The van der Waals surface area contributed by atoms with Crippen LogP contribution < -0.4 is 5.32 Å². The van der Waals surface area contributed by atoms with Gasteiger partial charge < -0.3 is 5.32 Å². The van der Waals surface area contributed by atoms with Crippen molar-refractivity contribution in [1.29, 1.82) is 0 Å². The SMILES string of the molecule is CCN(CC)C(C)C12CCC(CN(Cc3ccccc3)C1)N2. The van der Waals surface area contributed by atoms with Gasteiger partial charge >= 0.3 is 0 Å². The van der Waals surface area contributed by atoms with Crippen molar-refractivity contribution in [3.05, 3.63) is 35.9 Å². The highest BCUT2D eigenvalue weighted by atomic mass is 15.3. The lowest BCUT2D eigenvalue weighted by Gasteiger charge is -2.48. The van der Waals surface area contributed by atoms with Gasteiger partial charge in [0.1, 0.15) is 0 Å². The Morgan fingerprint density at radius 2 is 2.00 bits per heavy atom. The number of likely N-dealkylation sites (tertiary alicyclic amines) is 1. The van der Waals surface area contributed by atoms with E-state index in [1.54, 1.807) is 0 Å². The van der Waals surface area contributed by atoms with E-state index in [0.29, 0.717) is 12.1 Å². The molecule has 3 heteroatoms. The minimum Gasteiger partial charge on any atom is -0.305 e. The van der Waals surface area contributed by atoms with Crippen molar-refractivity contribution in [2.75, 3.05) is 26.2 Å². The van der Waals surface area contributed by atoms with Crippen LogP contribution in [0.3, 0.4) is 0 Å². The monoisotopic (exact) mass is 301 g/mol. The van der Waals surface area contributed by atoms with E-state index in [2.05, 4.69) is 66.2 Å². The highest BCUT2D eigenvalue weighted by molar-refractivity contribution is 5.16. The summed E-state index contributed by atoms with van der Waals surface area (Å²) in [6.07, 6.45) is 2.65. The maximum atomic E-state index is 3.99. The predicted molar refractivity (Wildman–Crippen MR) is 93.0 cm³/mol. The van der Waals surface area contributed by atoms with Gasteiger partial charge in [-0.1, -0.05) is 44.2 Å². The summed E-state index contributed by atoms with van der Waals surface area (Å²) in [7, 11) is 0. The Morgan fingerprint density at radius 3 is 2.68 bits per heavy atom. The fourth-order valence-corrected chi connectivity index (χ4v) is 4.56. The second-order valence-corrected chi connectivity index (χ2v) is 7.09. The molecule has 122 valence electrons. The van der Waals surface area contributed by atoms with Crippen LogP contribution >= 0.6 is 0 Å². The highest BCUT2D eigenvalue weighted by Gasteiger charge is 2.48. The summed E-state index contributed by atoms with van der Waals surface area (Å²) in [4.78, 5) is 5.28. The molecule has 0 aliphatic carbocycles. The average molecular weight is 301 g/mol. The lowest BCUT2D eigenvalue weighted by molar-refractivity contribution is 0.0572. The molecule has 0 saturated carbocycles. The summed E-state index contributed by atoms with van der Waals surface area (Å²) in [6.45, 7) is 12.7. The van der Waals surface area contributed by atoms with Crippen molar-refractivity contribution in [3.63, 3.8) is 0 Å². The number of piperazine rings is 1. The summed E-state index contributed by atoms with van der Waals surface area (Å²) in [5.74, 6) is 0. The Bertz CT molecular complexity index is 471. The van der Waals surface area contributed by atoms with Gasteiger partial charge in [-0.15, -0.1) is 0 Å². The van der Waals surface area contributed by atoms with Crippen molar-refractivity contribution in [2.24, 2.45) is 0 Å². The number of nitrogens with one attached hydrogen (secondary N) is 1. The number of nitrogens with zero attached hydrogens (tertiary/aromatic N) is 2. The summed E-state index contributed by atoms with van der Waals surface area (Å²) in [5, 5.41) is 3.99. The van der Waals surface area contributed by atoms with E-state index < -0.39 is 0 Å². The zero-order chi connectivity index (χ0) is 15.6. The van der Waals surface area contributed by atoms with Gasteiger partial charge in [0.05, 0.1) is 0 Å². The Labute approximate surface area is 135 Å². The van der Waals surface area contributed by atoms with Crippen molar-refractivity contribution < 1.29 is 0 Å². The van der Waals surface area contributed by atoms with Gasteiger partial charge in [-0.2, -0.15) is 0 Å². The molecule has 2 fully saturated rings. The lowest BCUT2D eigenvalue weighted by Crippen LogP contribution is -2.67. The van der Waals surface area contributed by atoms with Gasteiger partial charge in [-0.3, -0.25) is 9.80 Å². The van der Waals surface area contributed by atoms with Gasteiger partial charge in [-0.25, -0.2) is 0 Å². The smallest absolute Gasteiger partial charge is 0.0466 e. The van der Waals surface area contributed by atoms with Gasteiger partial charge in [-0.05, 0) is 38.4 Å². The van der Waals surface area contributed by atoms with E-state index in [0.717, 1.165) is 19.6 Å². The van der Waals surface area contributed by atoms with Crippen molar-refractivity contribution >= 4 is 0 Å². The first kappa shape index (κ1) is 16.0. The minimum atomic E-state index is 0.281. The molecule has 2 bridgehead atoms. The van der Waals surface area contributed by atoms with E-state index >= 15 is 0 Å². The fourth-order valence-electron chi connectivity index (χ4n) is 4.56. The molecule has 2 saturated heterocycles. The number of rotatable bonds is 6. The van der Waals surface area contributed by atoms with Crippen LogP contribution in [0.2, 0.25) is 0 Å². The standard InChI is InChI=1S/C19H31N3/c1-4-22(5-2)16(3)19-12-11-18(20-19)14-21(15-19)13-17-9-7-6-8-10-17/h6-10,16,18,20H,4-5,11-15H2,1-3H3. The maximum Gasteiger partial charge on any atom is 0.0466 e. The highest BCUT2D eigenvalue weighted by Crippen LogP contribution is 2.35. The van der Waals surface area contributed by atoms with Crippen molar-refractivity contribution in [2.45, 2.75) is 57.8 Å².